The quantitative estimate of drug-likeness (QED) is 0.789. The lowest BCUT2D eigenvalue weighted by molar-refractivity contribution is -0.137. The van der Waals surface area contributed by atoms with Crippen molar-refractivity contribution in [2.75, 3.05) is 31.1 Å². The molecule has 1 fully saturated rings. The Morgan fingerprint density at radius 1 is 0.889 bits per heavy atom. The summed E-state index contributed by atoms with van der Waals surface area (Å²) < 4.78 is 64.8. The SMILES string of the molecule is Cc1ccc(C)c(N2CCN(S(=O)(=O)c3ccc(C(F)(F)F)cc3)CC2)c1. The summed E-state index contributed by atoms with van der Waals surface area (Å²) in [5, 5.41) is 0. The first-order valence-electron chi connectivity index (χ1n) is 8.58. The maximum atomic E-state index is 12.7. The maximum Gasteiger partial charge on any atom is 0.416 e. The normalized spacial score (nSPS) is 16.6. The molecule has 2 aromatic rings. The van der Waals surface area contributed by atoms with Gasteiger partial charge >= 0.3 is 6.18 Å². The number of halogens is 3. The van der Waals surface area contributed by atoms with Crippen LogP contribution in [0.25, 0.3) is 0 Å². The molecule has 2 aromatic carbocycles. The summed E-state index contributed by atoms with van der Waals surface area (Å²) in [5.74, 6) is 0. The average molecular weight is 398 g/mol. The molecule has 1 heterocycles. The molecule has 0 radical (unpaired) electrons. The van der Waals surface area contributed by atoms with Gasteiger partial charge in [0.15, 0.2) is 0 Å². The lowest BCUT2D eigenvalue weighted by Gasteiger charge is -2.36. The largest absolute Gasteiger partial charge is 0.416 e. The summed E-state index contributed by atoms with van der Waals surface area (Å²) in [7, 11) is -3.81. The lowest BCUT2D eigenvalue weighted by Crippen LogP contribution is -2.48. The highest BCUT2D eigenvalue weighted by atomic mass is 32.2. The van der Waals surface area contributed by atoms with Gasteiger partial charge in [-0.1, -0.05) is 12.1 Å². The highest BCUT2D eigenvalue weighted by molar-refractivity contribution is 7.89. The fourth-order valence-electron chi connectivity index (χ4n) is 3.19. The van der Waals surface area contributed by atoms with Crippen LogP contribution in [0.3, 0.4) is 0 Å². The highest BCUT2D eigenvalue weighted by Gasteiger charge is 2.32. The molecule has 0 atom stereocenters. The van der Waals surface area contributed by atoms with E-state index in [1.807, 2.05) is 26.0 Å². The molecular weight excluding hydrogens is 377 g/mol. The van der Waals surface area contributed by atoms with Crippen LogP contribution in [0.1, 0.15) is 16.7 Å². The summed E-state index contributed by atoms with van der Waals surface area (Å²) in [6.07, 6.45) is -4.49. The third kappa shape index (κ3) is 4.11. The molecule has 0 bridgehead atoms. The molecule has 146 valence electrons. The van der Waals surface area contributed by atoms with Gasteiger partial charge in [0.2, 0.25) is 10.0 Å². The van der Waals surface area contributed by atoms with Gasteiger partial charge in [0.25, 0.3) is 0 Å². The maximum absolute atomic E-state index is 12.7. The van der Waals surface area contributed by atoms with Crippen molar-refractivity contribution in [1.82, 2.24) is 4.31 Å². The summed E-state index contributed by atoms with van der Waals surface area (Å²) in [4.78, 5) is 2.02. The number of aryl methyl sites for hydroxylation is 2. The minimum Gasteiger partial charge on any atom is -0.369 e. The fraction of sp³-hybridized carbons (Fsp3) is 0.368. The Morgan fingerprint density at radius 2 is 1.48 bits per heavy atom. The molecule has 27 heavy (non-hydrogen) atoms. The topological polar surface area (TPSA) is 40.6 Å². The van der Waals surface area contributed by atoms with Crippen LogP contribution in [0, 0.1) is 13.8 Å². The van der Waals surface area contributed by atoms with Crippen LogP contribution >= 0.6 is 0 Å². The van der Waals surface area contributed by atoms with Gasteiger partial charge in [-0.3, -0.25) is 0 Å². The van der Waals surface area contributed by atoms with Crippen molar-refractivity contribution in [3.05, 3.63) is 59.2 Å². The van der Waals surface area contributed by atoms with Crippen molar-refractivity contribution in [3.63, 3.8) is 0 Å². The van der Waals surface area contributed by atoms with Crippen LogP contribution < -0.4 is 4.90 Å². The van der Waals surface area contributed by atoms with Crippen molar-refractivity contribution in [2.24, 2.45) is 0 Å². The number of piperazine rings is 1. The number of hydrogen-bond acceptors (Lipinski definition) is 3. The van der Waals surface area contributed by atoms with Crippen LogP contribution in [-0.4, -0.2) is 38.9 Å². The molecule has 4 nitrogen and oxygen atoms in total. The molecule has 0 N–H and O–H groups in total. The molecule has 0 aliphatic carbocycles. The third-order valence-corrected chi connectivity index (χ3v) is 6.68. The van der Waals surface area contributed by atoms with Gasteiger partial charge in [-0.15, -0.1) is 0 Å². The zero-order valence-corrected chi connectivity index (χ0v) is 15.9. The number of sulfonamides is 1. The van der Waals surface area contributed by atoms with Crippen LogP contribution in [0.15, 0.2) is 47.4 Å². The monoisotopic (exact) mass is 398 g/mol. The van der Waals surface area contributed by atoms with Crippen LogP contribution in [0.2, 0.25) is 0 Å². The molecular formula is C19H21F3N2O2S. The Bertz CT molecular complexity index is 917. The van der Waals surface area contributed by atoms with Gasteiger partial charge in [-0.2, -0.15) is 17.5 Å². The molecule has 0 saturated carbocycles. The first-order chi connectivity index (χ1) is 12.6. The molecule has 1 saturated heterocycles. The highest BCUT2D eigenvalue weighted by Crippen LogP contribution is 2.30. The second-order valence-corrected chi connectivity index (χ2v) is 8.64. The zero-order valence-electron chi connectivity index (χ0n) is 15.1. The van der Waals surface area contributed by atoms with Gasteiger partial charge in [0.05, 0.1) is 10.5 Å². The zero-order chi connectivity index (χ0) is 19.8. The molecule has 0 aromatic heterocycles. The Balaban J connectivity index is 1.74. The van der Waals surface area contributed by atoms with Crippen LogP contribution in [-0.2, 0) is 16.2 Å². The Kier molecular flexibility index (Phi) is 5.22. The van der Waals surface area contributed by atoms with Gasteiger partial charge in [-0.25, -0.2) is 8.42 Å². The van der Waals surface area contributed by atoms with E-state index in [2.05, 4.69) is 11.0 Å². The minimum absolute atomic E-state index is 0.115. The fourth-order valence-corrected chi connectivity index (χ4v) is 4.62. The van der Waals surface area contributed by atoms with E-state index in [0.29, 0.717) is 13.1 Å². The van der Waals surface area contributed by atoms with Crippen molar-refractivity contribution in [2.45, 2.75) is 24.9 Å². The summed E-state index contributed by atoms with van der Waals surface area (Å²) >= 11 is 0. The van der Waals surface area contributed by atoms with E-state index in [0.717, 1.165) is 41.1 Å². The number of nitrogens with zero attached hydrogens (tertiary/aromatic N) is 2. The number of alkyl halides is 3. The summed E-state index contributed by atoms with van der Waals surface area (Å²) in [6.45, 7) is 5.66. The Morgan fingerprint density at radius 3 is 2.04 bits per heavy atom. The van der Waals surface area contributed by atoms with Crippen molar-refractivity contribution >= 4 is 15.7 Å². The summed E-state index contributed by atoms with van der Waals surface area (Å²) in [6, 6.07) is 9.80. The number of hydrogen-bond donors (Lipinski definition) is 0. The first-order valence-corrected chi connectivity index (χ1v) is 10.0. The summed E-state index contributed by atoms with van der Waals surface area (Å²) in [5.41, 5.74) is 2.48. The predicted molar refractivity (Wildman–Crippen MR) is 98.3 cm³/mol. The predicted octanol–water partition coefficient (Wildman–Crippen LogP) is 3.83. The standard InChI is InChI=1S/C19H21F3N2O2S/c1-14-3-4-15(2)18(13-14)23-9-11-24(12-10-23)27(25,26)17-7-5-16(6-8-17)19(20,21)22/h3-8,13H,9-12H2,1-2H3. The number of rotatable bonds is 3. The number of anilines is 1. The van der Waals surface area contributed by atoms with Gasteiger partial charge in [-0.05, 0) is 55.3 Å². The van der Waals surface area contributed by atoms with Crippen molar-refractivity contribution in [3.8, 4) is 0 Å². The van der Waals surface area contributed by atoms with Crippen LogP contribution in [0.5, 0.6) is 0 Å². The molecule has 1 aliphatic heterocycles. The van der Waals surface area contributed by atoms with E-state index < -0.39 is 21.8 Å². The lowest BCUT2D eigenvalue weighted by atomic mass is 10.1. The molecule has 3 rings (SSSR count). The Labute approximate surface area is 157 Å². The van der Waals surface area contributed by atoms with E-state index >= 15 is 0 Å². The van der Waals surface area contributed by atoms with Gasteiger partial charge < -0.3 is 4.90 Å². The van der Waals surface area contributed by atoms with Gasteiger partial charge in [0.1, 0.15) is 0 Å². The molecule has 1 aliphatic rings. The van der Waals surface area contributed by atoms with Crippen LogP contribution in [0.4, 0.5) is 18.9 Å². The first kappa shape index (κ1) is 19.7. The smallest absolute Gasteiger partial charge is 0.369 e. The number of benzene rings is 2. The molecule has 0 spiro atoms. The second-order valence-electron chi connectivity index (χ2n) is 6.70. The van der Waals surface area contributed by atoms with Crippen molar-refractivity contribution < 1.29 is 21.6 Å². The van der Waals surface area contributed by atoms with E-state index in [1.165, 1.54) is 4.31 Å². The van der Waals surface area contributed by atoms with E-state index in [1.54, 1.807) is 0 Å². The molecule has 0 amide bonds. The van der Waals surface area contributed by atoms with E-state index in [9.17, 15) is 21.6 Å². The van der Waals surface area contributed by atoms with E-state index in [4.69, 9.17) is 0 Å². The minimum atomic E-state index is -4.49. The Hall–Kier alpha value is -2.06. The van der Waals surface area contributed by atoms with Gasteiger partial charge in [0, 0.05) is 31.9 Å². The third-order valence-electron chi connectivity index (χ3n) is 4.76. The molecule has 8 heteroatoms. The van der Waals surface area contributed by atoms with Crippen molar-refractivity contribution in [1.29, 1.82) is 0 Å². The molecule has 0 unspecified atom stereocenters. The average Bonchev–Trinajstić information content (AvgIpc) is 2.63. The van der Waals surface area contributed by atoms with E-state index in [-0.39, 0.29) is 18.0 Å². The second kappa shape index (κ2) is 7.16.